The SMILES string of the molecule is C=C(C)[C@@H](O)/C(C)=C/CCCCl. The van der Waals surface area contributed by atoms with Crippen LogP contribution in [0.15, 0.2) is 23.8 Å². The minimum absolute atomic E-state index is 0.486. The highest BCUT2D eigenvalue weighted by molar-refractivity contribution is 6.17. The summed E-state index contributed by atoms with van der Waals surface area (Å²) in [5.74, 6) is 0.674. The Bertz CT molecular complexity index is 173. The van der Waals surface area contributed by atoms with Gasteiger partial charge >= 0.3 is 0 Å². The molecule has 1 N–H and O–H groups in total. The minimum atomic E-state index is -0.486. The molecule has 0 saturated carbocycles. The number of rotatable bonds is 5. The van der Waals surface area contributed by atoms with E-state index in [0.717, 1.165) is 24.0 Å². The van der Waals surface area contributed by atoms with Gasteiger partial charge < -0.3 is 5.11 Å². The lowest BCUT2D eigenvalue weighted by Gasteiger charge is -2.10. The lowest BCUT2D eigenvalue weighted by atomic mass is 10.0. The lowest BCUT2D eigenvalue weighted by molar-refractivity contribution is 0.247. The molecule has 0 radical (unpaired) electrons. The minimum Gasteiger partial charge on any atom is -0.384 e. The quantitative estimate of drug-likeness (QED) is 0.400. The second kappa shape index (κ2) is 6.27. The first-order valence-electron chi connectivity index (χ1n) is 4.15. The van der Waals surface area contributed by atoms with Crippen LogP contribution in [0.5, 0.6) is 0 Å². The van der Waals surface area contributed by atoms with Crippen LogP contribution >= 0.6 is 11.6 Å². The van der Waals surface area contributed by atoms with Crippen molar-refractivity contribution in [3.8, 4) is 0 Å². The van der Waals surface area contributed by atoms with Crippen LogP contribution in [0.3, 0.4) is 0 Å². The van der Waals surface area contributed by atoms with Gasteiger partial charge in [0.15, 0.2) is 0 Å². The van der Waals surface area contributed by atoms with Crippen molar-refractivity contribution in [1.29, 1.82) is 0 Å². The molecule has 0 amide bonds. The Morgan fingerprint density at radius 2 is 2.17 bits per heavy atom. The van der Waals surface area contributed by atoms with Gasteiger partial charge in [0.2, 0.25) is 0 Å². The largest absolute Gasteiger partial charge is 0.384 e. The molecule has 0 rings (SSSR count). The highest BCUT2D eigenvalue weighted by atomic mass is 35.5. The average molecular weight is 189 g/mol. The van der Waals surface area contributed by atoms with Crippen molar-refractivity contribution in [3.63, 3.8) is 0 Å². The Morgan fingerprint density at radius 1 is 1.58 bits per heavy atom. The Labute approximate surface area is 79.7 Å². The van der Waals surface area contributed by atoms with Crippen molar-refractivity contribution in [2.24, 2.45) is 0 Å². The number of allylic oxidation sites excluding steroid dienone is 1. The van der Waals surface area contributed by atoms with Gasteiger partial charge in [-0.05, 0) is 37.8 Å². The first-order chi connectivity index (χ1) is 5.59. The standard InChI is InChI=1S/C10H17ClO/c1-8(2)10(12)9(3)6-4-5-7-11/h6,10,12H,1,4-5,7H2,2-3H3/b9-6+/t10-/m1/s1. The van der Waals surface area contributed by atoms with Crippen LogP contribution in [-0.4, -0.2) is 17.1 Å². The number of unbranched alkanes of at least 4 members (excludes halogenated alkanes) is 1. The van der Waals surface area contributed by atoms with Crippen LogP contribution in [0, 0.1) is 0 Å². The fourth-order valence-electron chi connectivity index (χ4n) is 0.907. The van der Waals surface area contributed by atoms with Crippen LogP contribution in [0.2, 0.25) is 0 Å². The molecule has 0 bridgehead atoms. The highest BCUT2D eigenvalue weighted by Gasteiger charge is 2.04. The van der Waals surface area contributed by atoms with Gasteiger partial charge in [-0.2, -0.15) is 0 Å². The number of aliphatic hydroxyl groups excluding tert-OH is 1. The van der Waals surface area contributed by atoms with Crippen molar-refractivity contribution in [3.05, 3.63) is 23.8 Å². The van der Waals surface area contributed by atoms with Crippen molar-refractivity contribution in [1.82, 2.24) is 0 Å². The lowest BCUT2D eigenvalue weighted by Crippen LogP contribution is -2.08. The molecule has 0 saturated heterocycles. The van der Waals surface area contributed by atoms with E-state index in [4.69, 9.17) is 11.6 Å². The van der Waals surface area contributed by atoms with Gasteiger partial charge in [-0.15, -0.1) is 11.6 Å². The van der Waals surface area contributed by atoms with Crippen molar-refractivity contribution in [2.75, 3.05) is 5.88 Å². The van der Waals surface area contributed by atoms with E-state index in [1.54, 1.807) is 0 Å². The topological polar surface area (TPSA) is 20.2 Å². The van der Waals surface area contributed by atoms with Crippen LogP contribution in [0.4, 0.5) is 0 Å². The Morgan fingerprint density at radius 3 is 2.58 bits per heavy atom. The third kappa shape index (κ3) is 4.58. The Hall–Kier alpha value is -0.270. The summed E-state index contributed by atoms with van der Waals surface area (Å²) in [5, 5.41) is 9.49. The molecule has 12 heavy (non-hydrogen) atoms. The number of alkyl halides is 1. The van der Waals surface area contributed by atoms with E-state index in [0.29, 0.717) is 5.88 Å². The van der Waals surface area contributed by atoms with E-state index < -0.39 is 6.10 Å². The first kappa shape index (κ1) is 11.7. The molecule has 0 spiro atoms. The second-order valence-corrected chi connectivity index (χ2v) is 3.41. The molecular formula is C10H17ClO. The van der Waals surface area contributed by atoms with Crippen LogP contribution < -0.4 is 0 Å². The van der Waals surface area contributed by atoms with Crippen molar-refractivity contribution in [2.45, 2.75) is 32.8 Å². The molecule has 0 aliphatic rings. The predicted octanol–water partition coefficient (Wildman–Crippen LogP) is 2.89. The zero-order chi connectivity index (χ0) is 9.56. The summed E-state index contributed by atoms with van der Waals surface area (Å²) in [5.41, 5.74) is 1.75. The molecule has 0 aromatic rings. The summed E-state index contributed by atoms with van der Waals surface area (Å²) in [6.45, 7) is 7.42. The Kier molecular flexibility index (Phi) is 6.13. The zero-order valence-corrected chi connectivity index (χ0v) is 8.56. The third-order valence-electron chi connectivity index (χ3n) is 1.70. The number of hydrogen-bond acceptors (Lipinski definition) is 1. The van der Waals surface area contributed by atoms with Crippen LogP contribution in [0.25, 0.3) is 0 Å². The first-order valence-corrected chi connectivity index (χ1v) is 4.69. The number of aliphatic hydroxyl groups is 1. The smallest absolute Gasteiger partial charge is 0.0953 e. The molecule has 1 nitrogen and oxygen atoms in total. The molecule has 0 unspecified atom stereocenters. The average Bonchev–Trinajstić information content (AvgIpc) is 2.03. The summed E-state index contributed by atoms with van der Waals surface area (Å²) >= 11 is 5.52. The van der Waals surface area contributed by atoms with Crippen molar-refractivity contribution >= 4 is 11.6 Å². The van der Waals surface area contributed by atoms with Gasteiger partial charge in [0.1, 0.15) is 0 Å². The molecule has 0 heterocycles. The zero-order valence-electron chi connectivity index (χ0n) is 7.81. The molecule has 2 heteroatoms. The fourth-order valence-corrected chi connectivity index (χ4v) is 1.06. The summed E-state index contributed by atoms with van der Waals surface area (Å²) in [6, 6.07) is 0. The summed E-state index contributed by atoms with van der Waals surface area (Å²) in [7, 11) is 0. The van der Waals surface area contributed by atoms with E-state index in [9.17, 15) is 5.11 Å². The van der Waals surface area contributed by atoms with E-state index in [2.05, 4.69) is 6.58 Å². The normalized spacial score (nSPS) is 14.5. The van der Waals surface area contributed by atoms with E-state index in [1.807, 2.05) is 19.9 Å². The maximum atomic E-state index is 9.49. The van der Waals surface area contributed by atoms with E-state index >= 15 is 0 Å². The van der Waals surface area contributed by atoms with Gasteiger partial charge in [-0.25, -0.2) is 0 Å². The molecule has 0 aromatic heterocycles. The molecule has 1 atom stereocenters. The van der Waals surface area contributed by atoms with Gasteiger partial charge in [0.05, 0.1) is 6.10 Å². The molecule has 0 aromatic carbocycles. The van der Waals surface area contributed by atoms with Gasteiger partial charge in [-0.1, -0.05) is 12.7 Å². The molecule has 70 valence electrons. The molecule has 0 aliphatic carbocycles. The molecule has 0 fully saturated rings. The van der Waals surface area contributed by atoms with Crippen LogP contribution in [-0.2, 0) is 0 Å². The van der Waals surface area contributed by atoms with Crippen LogP contribution in [0.1, 0.15) is 26.7 Å². The summed E-state index contributed by atoms with van der Waals surface area (Å²) in [4.78, 5) is 0. The summed E-state index contributed by atoms with van der Waals surface area (Å²) < 4.78 is 0. The Balaban J connectivity index is 3.90. The number of halogens is 1. The van der Waals surface area contributed by atoms with E-state index in [1.165, 1.54) is 0 Å². The van der Waals surface area contributed by atoms with E-state index in [-0.39, 0.29) is 0 Å². The fraction of sp³-hybridized carbons (Fsp3) is 0.600. The second-order valence-electron chi connectivity index (χ2n) is 3.03. The predicted molar refractivity (Wildman–Crippen MR) is 54.5 cm³/mol. The maximum absolute atomic E-state index is 9.49. The molecular weight excluding hydrogens is 172 g/mol. The van der Waals surface area contributed by atoms with Crippen molar-refractivity contribution < 1.29 is 5.11 Å². The monoisotopic (exact) mass is 188 g/mol. The maximum Gasteiger partial charge on any atom is 0.0953 e. The number of hydrogen-bond donors (Lipinski definition) is 1. The van der Waals surface area contributed by atoms with Gasteiger partial charge in [0.25, 0.3) is 0 Å². The summed E-state index contributed by atoms with van der Waals surface area (Å²) in [6.07, 6.45) is 3.42. The highest BCUT2D eigenvalue weighted by Crippen LogP contribution is 2.10. The van der Waals surface area contributed by atoms with Gasteiger partial charge in [0, 0.05) is 5.88 Å². The molecule has 0 aliphatic heterocycles. The van der Waals surface area contributed by atoms with Gasteiger partial charge in [-0.3, -0.25) is 0 Å². The third-order valence-corrected chi connectivity index (χ3v) is 1.97.